The molecule has 41 heavy (non-hydrogen) atoms. The van der Waals surface area contributed by atoms with Crippen molar-refractivity contribution in [3.8, 4) is 0 Å². The number of carbonyl (C=O) groups excluding carboxylic acids is 1. The summed E-state index contributed by atoms with van der Waals surface area (Å²) < 4.78 is 44.2. The maximum absolute atomic E-state index is 14.2. The summed E-state index contributed by atoms with van der Waals surface area (Å²) in [7, 11) is -2.30. The molecule has 1 heterocycles. The molecule has 5 rings (SSSR count). The summed E-state index contributed by atoms with van der Waals surface area (Å²) >= 11 is 10.0. The van der Waals surface area contributed by atoms with Crippen molar-refractivity contribution < 1.29 is 17.6 Å². The van der Waals surface area contributed by atoms with Crippen molar-refractivity contribution in [2.45, 2.75) is 30.8 Å². The lowest BCUT2D eigenvalue weighted by Crippen LogP contribution is -2.56. The number of hydrogen-bond donors (Lipinski definition) is 0. The maximum Gasteiger partial charge on any atom is 0.266 e. The molecule has 0 aliphatic carbocycles. The van der Waals surface area contributed by atoms with Gasteiger partial charge in [0.25, 0.3) is 15.9 Å². The first-order valence-corrected chi connectivity index (χ1v) is 15.5. The molecule has 0 unspecified atom stereocenters. The fourth-order valence-electron chi connectivity index (χ4n) is 4.86. The van der Waals surface area contributed by atoms with E-state index in [-0.39, 0.29) is 39.2 Å². The predicted octanol–water partition coefficient (Wildman–Crippen LogP) is 7.51. The fraction of sp³-hybridized carbons (Fsp3) is 0.194. The molecule has 0 aromatic heterocycles. The lowest BCUT2D eigenvalue weighted by atomic mass is 9.96. The van der Waals surface area contributed by atoms with E-state index in [1.165, 1.54) is 46.8 Å². The van der Waals surface area contributed by atoms with Gasteiger partial charge >= 0.3 is 0 Å². The second kappa shape index (κ2) is 11.1. The van der Waals surface area contributed by atoms with Crippen LogP contribution in [0.25, 0.3) is 0 Å². The Labute approximate surface area is 253 Å². The van der Waals surface area contributed by atoms with E-state index in [0.29, 0.717) is 6.54 Å². The fourth-order valence-corrected chi connectivity index (χ4v) is 7.16. The number of halogens is 3. The third kappa shape index (κ3) is 5.71. The van der Waals surface area contributed by atoms with Crippen molar-refractivity contribution in [2.24, 2.45) is 0 Å². The molecule has 0 bridgehead atoms. The maximum atomic E-state index is 14.2. The Morgan fingerprint density at radius 2 is 1.66 bits per heavy atom. The number of fused-ring (bicyclic) bond motifs is 1. The third-order valence-electron chi connectivity index (χ3n) is 7.32. The Balaban J connectivity index is 1.58. The first-order valence-electron chi connectivity index (χ1n) is 12.9. The molecule has 0 radical (unpaired) electrons. The summed E-state index contributed by atoms with van der Waals surface area (Å²) in [4.78, 5) is 17.6. The molecule has 0 N–H and O–H groups in total. The normalized spacial score (nSPS) is 14.5. The number of rotatable bonds is 6. The minimum absolute atomic E-state index is 0.0157. The van der Waals surface area contributed by atoms with Crippen LogP contribution in [-0.2, 0) is 16.6 Å². The molecule has 1 aliphatic heterocycles. The zero-order valence-corrected chi connectivity index (χ0v) is 25.8. The Morgan fingerprint density at radius 3 is 2.34 bits per heavy atom. The van der Waals surface area contributed by atoms with Gasteiger partial charge in [0.05, 0.1) is 34.2 Å². The number of likely N-dealkylation sites (N-methyl/N-ethyl adjacent to an activating group) is 1. The number of carbonyl (C=O) groups is 1. The number of sulfonamides is 1. The molecule has 0 spiro atoms. The van der Waals surface area contributed by atoms with Gasteiger partial charge in [-0.1, -0.05) is 57.9 Å². The van der Waals surface area contributed by atoms with Crippen LogP contribution in [0, 0.1) is 5.82 Å². The molecule has 6 nitrogen and oxygen atoms in total. The Bertz CT molecular complexity index is 1720. The van der Waals surface area contributed by atoms with Gasteiger partial charge in [-0.25, -0.2) is 12.8 Å². The number of hydrogen-bond acceptors (Lipinski definition) is 4. The summed E-state index contributed by atoms with van der Waals surface area (Å²) in [5.74, 6) is -0.835. The summed E-state index contributed by atoms with van der Waals surface area (Å²) in [6.45, 7) is 4.45. The quantitative estimate of drug-likeness (QED) is 0.216. The molecule has 0 saturated carbocycles. The number of amides is 1. The van der Waals surface area contributed by atoms with Crippen LogP contribution in [0.4, 0.5) is 21.5 Å². The van der Waals surface area contributed by atoms with Crippen LogP contribution >= 0.6 is 27.5 Å². The van der Waals surface area contributed by atoms with Gasteiger partial charge in [-0.05, 0) is 80.1 Å². The molecule has 1 aliphatic rings. The predicted molar refractivity (Wildman–Crippen MR) is 166 cm³/mol. The average molecular weight is 657 g/mol. The molecular weight excluding hydrogens is 629 g/mol. The van der Waals surface area contributed by atoms with Crippen LogP contribution in [0.3, 0.4) is 0 Å². The van der Waals surface area contributed by atoms with Crippen LogP contribution < -0.4 is 14.1 Å². The van der Waals surface area contributed by atoms with Gasteiger partial charge in [-0.15, -0.1) is 0 Å². The van der Waals surface area contributed by atoms with Gasteiger partial charge in [0.1, 0.15) is 10.7 Å². The van der Waals surface area contributed by atoms with Crippen molar-refractivity contribution in [1.82, 2.24) is 0 Å². The van der Waals surface area contributed by atoms with Gasteiger partial charge in [-0.2, -0.15) is 0 Å². The van der Waals surface area contributed by atoms with Crippen LogP contribution in [-0.4, -0.2) is 33.5 Å². The molecule has 212 valence electrons. The van der Waals surface area contributed by atoms with Crippen molar-refractivity contribution in [3.05, 3.63) is 117 Å². The minimum atomic E-state index is -4.29. The van der Waals surface area contributed by atoms with E-state index in [2.05, 4.69) is 20.8 Å². The van der Waals surface area contributed by atoms with Gasteiger partial charge < -0.3 is 9.80 Å². The van der Waals surface area contributed by atoms with Crippen LogP contribution in [0.15, 0.2) is 100 Å². The minimum Gasteiger partial charge on any atom is -0.366 e. The van der Waals surface area contributed by atoms with Crippen molar-refractivity contribution >= 4 is 60.5 Å². The monoisotopic (exact) mass is 655 g/mol. The molecule has 10 heteroatoms. The van der Waals surface area contributed by atoms with Gasteiger partial charge in [0.2, 0.25) is 0 Å². The molecule has 4 aromatic carbocycles. The van der Waals surface area contributed by atoms with Gasteiger partial charge in [0, 0.05) is 23.6 Å². The molecule has 1 amide bonds. The summed E-state index contributed by atoms with van der Waals surface area (Å²) in [6, 6.07) is 24.3. The van der Waals surface area contributed by atoms with E-state index in [9.17, 15) is 17.6 Å². The third-order valence-corrected chi connectivity index (χ3v) is 10.1. The van der Waals surface area contributed by atoms with Gasteiger partial charge in [-0.3, -0.25) is 9.10 Å². The van der Waals surface area contributed by atoms with E-state index >= 15 is 0 Å². The summed E-state index contributed by atoms with van der Waals surface area (Å²) in [5.41, 5.74) is 2.38. The number of anilines is 3. The van der Waals surface area contributed by atoms with E-state index < -0.39 is 15.8 Å². The lowest BCUT2D eigenvalue weighted by Gasteiger charge is -2.47. The van der Waals surface area contributed by atoms with Crippen LogP contribution in [0.5, 0.6) is 0 Å². The molecular formula is C31H28BrClFN3O3S. The highest BCUT2D eigenvalue weighted by Gasteiger charge is 2.38. The standard InChI is InChI=1S/C31H28BrClFN3O3S/c1-31(2)20-36(27-16-10-23(32)18-28(27)35(31)3)30(38)22-9-15-26(33)29(17-22)41(39,40)37(19-21-7-5-4-6-8-21)25-13-11-24(34)12-14-25/h4-18H,19-20H2,1-3H3. The summed E-state index contributed by atoms with van der Waals surface area (Å²) in [5, 5.41) is -0.0234. The van der Waals surface area contributed by atoms with Crippen LogP contribution in [0.1, 0.15) is 29.8 Å². The Kier molecular flexibility index (Phi) is 7.89. The topological polar surface area (TPSA) is 60.9 Å². The van der Waals surface area contributed by atoms with E-state index in [0.717, 1.165) is 21.4 Å². The van der Waals surface area contributed by atoms with E-state index in [4.69, 9.17) is 11.6 Å². The van der Waals surface area contributed by atoms with Crippen molar-refractivity contribution in [1.29, 1.82) is 0 Å². The lowest BCUT2D eigenvalue weighted by molar-refractivity contribution is 0.0979. The number of nitrogens with zero attached hydrogens (tertiary/aromatic N) is 3. The largest absolute Gasteiger partial charge is 0.366 e. The second-order valence-electron chi connectivity index (χ2n) is 10.5. The van der Waals surface area contributed by atoms with Crippen LogP contribution in [0.2, 0.25) is 5.02 Å². The zero-order valence-electron chi connectivity index (χ0n) is 22.7. The molecule has 4 aromatic rings. The Morgan fingerprint density at radius 1 is 0.976 bits per heavy atom. The Hall–Kier alpha value is -3.40. The molecule has 0 saturated heterocycles. The zero-order chi connectivity index (χ0) is 29.5. The SMILES string of the molecule is CN1c2cc(Br)ccc2N(C(=O)c2ccc(Cl)c(S(=O)(=O)N(Cc3ccccc3)c3ccc(F)cc3)c2)CC1(C)C. The highest BCUT2D eigenvalue weighted by atomic mass is 79.9. The smallest absolute Gasteiger partial charge is 0.266 e. The average Bonchev–Trinajstić information content (AvgIpc) is 2.94. The molecule has 0 fully saturated rings. The van der Waals surface area contributed by atoms with Gasteiger partial charge in [0.15, 0.2) is 0 Å². The first-order chi connectivity index (χ1) is 19.4. The highest BCUT2D eigenvalue weighted by Crippen LogP contribution is 2.41. The van der Waals surface area contributed by atoms with Crippen molar-refractivity contribution in [2.75, 3.05) is 27.7 Å². The van der Waals surface area contributed by atoms with Crippen molar-refractivity contribution in [3.63, 3.8) is 0 Å². The van der Waals surface area contributed by atoms with E-state index in [1.54, 1.807) is 17.0 Å². The first kappa shape index (κ1) is 29.1. The molecule has 0 atom stereocenters. The van der Waals surface area contributed by atoms with E-state index in [1.807, 2.05) is 57.3 Å². The summed E-state index contributed by atoms with van der Waals surface area (Å²) in [6.07, 6.45) is 0. The second-order valence-corrected chi connectivity index (χ2v) is 13.7. The number of benzene rings is 4. The highest BCUT2D eigenvalue weighted by molar-refractivity contribution is 9.10.